The highest BCUT2D eigenvalue weighted by Gasteiger charge is 2.13. The van der Waals surface area contributed by atoms with Crippen molar-refractivity contribution in [3.8, 4) is 0 Å². The molecule has 1 N–H and O–H groups in total. The third-order valence-electron chi connectivity index (χ3n) is 5.80. The summed E-state index contributed by atoms with van der Waals surface area (Å²) in [5.74, 6) is 0.847. The average Bonchev–Trinajstić information content (AvgIpc) is 2.88. The Bertz CT molecular complexity index is 818. The molecule has 1 heteroatoms. The molecule has 0 unspecified atom stereocenters. The van der Waals surface area contributed by atoms with Crippen molar-refractivity contribution in [1.82, 2.24) is 0 Å². The fourth-order valence-electron chi connectivity index (χ4n) is 4.21. The molecule has 0 spiro atoms. The summed E-state index contributed by atoms with van der Waals surface area (Å²) in [4.78, 5) is 0. The molecule has 0 bridgehead atoms. The van der Waals surface area contributed by atoms with Crippen molar-refractivity contribution < 1.29 is 5.11 Å². The minimum atomic E-state index is 0.217. The number of hydrogen-bond acceptors (Lipinski definition) is 1. The van der Waals surface area contributed by atoms with Crippen LogP contribution < -0.4 is 0 Å². The van der Waals surface area contributed by atoms with Gasteiger partial charge in [-0.25, -0.2) is 0 Å². The van der Waals surface area contributed by atoms with Crippen molar-refractivity contribution in [1.29, 1.82) is 0 Å². The zero-order valence-corrected chi connectivity index (χ0v) is 19.0. The third-order valence-corrected chi connectivity index (χ3v) is 5.80. The number of hydrogen-bond donors (Lipinski definition) is 1. The van der Waals surface area contributed by atoms with Crippen LogP contribution in [0.15, 0.2) is 121 Å². The van der Waals surface area contributed by atoms with E-state index in [0.29, 0.717) is 11.8 Å². The van der Waals surface area contributed by atoms with Gasteiger partial charge in [0.05, 0.1) is 0 Å². The number of benzene rings is 4. The lowest BCUT2D eigenvalue weighted by atomic mass is 9.88. The molecule has 1 nitrogen and oxygen atoms in total. The summed E-state index contributed by atoms with van der Waals surface area (Å²) < 4.78 is 0. The van der Waals surface area contributed by atoms with Crippen LogP contribution in [-0.4, -0.2) is 11.7 Å². The van der Waals surface area contributed by atoms with E-state index in [-0.39, 0.29) is 6.61 Å². The molecule has 0 heterocycles. The third kappa shape index (κ3) is 6.93. The Balaban J connectivity index is 0.000000181. The first-order valence-corrected chi connectivity index (χ1v) is 11.6. The maximum absolute atomic E-state index is 9.16. The molecule has 0 atom stereocenters. The van der Waals surface area contributed by atoms with Crippen molar-refractivity contribution in [3.63, 3.8) is 0 Å². The number of aliphatic hydroxyl groups excluding tert-OH is 1. The van der Waals surface area contributed by atoms with Crippen LogP contribution in [-0.2, 0) is 0 Å². The molecule has 0 saturated heterocycles. The normalized spacial score (nSPS) is 10.6. The van der Waals surface area contributed by atoms with Crippen LogP contribution in [0, 0.1) is 0 Å². The fourth-order valence-corrected chi connectivity index (χ4v) is 4.21. The molecular weight excluding hydrogens is 388 g/mol. The topological polar surface area (TPSA) is 20.2 Å². The fraction of sp³-hybridized carbons (Fsp3) is 0.226. The summed E-state index contributed by atoms with van der Waals surface area (Å²) in [6, 6.07) is 42.3. The van der Waals surface area contributed by atoms with Gasteiger partial charge in [-0.3, -0.25) is 0 Å². The standard InChI is InChI=1S/C16H18.C15H16O/c1-2-9-16(14-10-5-3-6-11-14)15-12-7-4-8-13-15;16-12-11-15(13-7-3-1-4-8-13)14-9-5-2-6-10-14/h3-8,10-13,16H,2,9H2,1H3;1-10,15-16H,11-12H2. The quantitative estimate of drug-likeness (QED) is 0.307. The number of aliphatic hydroxyl groups is 1. The van der Waals surface area contributed by atoms with Crippen LogP contribution in [0.1, 0.15) is 60.3 Å². The van der Waals surface area contributed by atoms with Crippen molar-refractivity contribution >= 4 is 0 Å². The molecule has 164 valence electrons. The lowest BCUT2D eigenvalue weighted by molar-refractivity contribution is 0.281. The lowest BCUT2D eigenvalue weighted by Gasteiger charge is -2.17. The molecule has 0 amide bonds. The smallest absolute Gasteiger partial charge is 0.0440 e. The summed E-state index contributed by atoms with van der Waals surface area (Å²) in [5, 5.41) is 9.16. The molecule has 4 rings (SSSR count). The highest BCUT2D eigenvalue weighted by Crippen LogP contribution is 2.29. The first-order chi connectivity index (χ1) is 15.8. The monoisotopic (exact) mass is 422 g/mol. The van der Waals surface area contributed by atoms with Gasteiger partial charge in [0, 0.05) is 18.4 Å². The zero-order chi connectivity index (χ0) is 22.4. The summed E-state index contributed by atoms with van der Waals surface area (Å²) in [5.41, 5.74) is 5.39. The Kier molecular flexibility index (Phi) is 9.76. The molecule has 0 fully saturated rings. The molecule has 0 saturated carbocycles. The van der Waals surface area contributed by atoms with Crippen molar-refractivity contribution in [2.45, 2.75) is 38.0 Å². The molecular formula is C31H34O. The molecule has 4 aromatic rings. The van der Waals surface area contributed by atoms with E-state index < -0.39 is 0 Å². The zero-order valence-electron chi connectivity index (χ0n) is 19.0. The van der Waals surface area contributed by atoms with Gasteiger partial charge in [-0.05, 0) is 35.1 Å². The largest absolute Gasteiger partial charge is 0.396 e. The van der Waals surface area contributed by atoms with Crippen LogP contribution in [0.4, 0.5) is 0 Å². The molecule has 0 aromatic heterocycles. The Labute approximate surface area is 193 Å². The molecule has 0 aliphatic carbocycles. The minimum Gasteiger partial charge on any atom is -0.396 e. The highest BCUT2D eigenvalue weighted by molar-refractivity contribution is 5.33. The van der Waals surface area contributed by atoms with Gasteiger partial charge >= 0.3 is 0 Å². The van der Waals surface area contributed by atoms with Gasteiger partial charge in [0.2, 0.25) is 0 Å². The van der Waals surface area contributed by atoms with Crippen LogP contribution in [0.5, 0.6) is 0 Å². The second-order valence-corrected chi connectivity index (χ2v) is 8.05. The van der Waals surface area contributed by atoms with E-state index in [1.165, 1.54) is 35.1 Å². The van der Waals surface area contributed by atoms with Crippen molar-refractivity contribution in [2.75, 3.05) is 6.61 Å². The summed E-state index contributed by atoms with van der Waals surface area (Å²) >= 11 is 0. The molecule has 0 radical (unpaired) electrons. The van der Waals surface area contributed by atoms with E-state index in [1.807, 2.05) is 36.4 Å². The Morgan fingerprint density at radius 1 is 0.469 bits per heavy atom. The minimum absolute atomic E-state index is 0.217. The summed E-state index contributed by atoms with van der Waals surface area (Å²) in [6.45, 7) is 2.47. The van der Waals surface area contributed by atoms with Gasteiger partial charge in [-0.2, -0.15) is 0 Å². The lowest BCUT2D eigenvalue weighted by Crippen LogP contribution is -2.03. The maximum Gasteiger partial charge on any atom is 0.0440 e. The van der Waals surface area contributed by atoms with Gasteiger partial charge in [-0.15, -0.1) is 0 Å². The Morgan fingerprint density at radius 3 is 1.00 bits per heavy atom. The average molecular weight is 423 g/mol. The predicted octanol–water partition coefficient (Wildman–Crippen LogP) is 7.82. The van der Waals surface area contributed by atoms with Gasteiger partial charge < -0.3 is 5.11 Å². The summed E-state index contributed by atoms with van der Waals surface area (Å²) in [7, 11) is 0. The Hall–Kier alpha value is -3.16. The van der Waals surface area contributed by atoms with E-state index in [1.54, 1.807) is 0 Å². The van der Waals surface area contributed by atoms with E-state index in [9.17, 15) is 0 Å². The SMILES string of the molecule is CCCC(c1ccccc1)c1ccccc1.OCCC(c1ccccc1)c1ccccc1. The van der Waals surface area contributed by atoms with Gasteiger partial charge in [-0.1, -0.05) is 135 Å². The van der Waals surface area contributed by atoms with E-state index in [0.717, 1.165) is 6.42 Å². The van der Waals surface area contributed by atoms with Gasteiger partial charge in [0.15, 0.2) is 0 Å². The molecule has 0 aliphatic rings. The second kappa shape index (κ2) is 13.3. The number of rotatable bonds is 8. The van der Waals surface area contributed by atoms with Crippen LogP contribution >= 0.6 is 0 Å². The predicted molar refractivity (Wildman–Crippen MR) is 136 cm³/mol. The van der Waals surface area contributed by atoms with Crippen molar-refractivity contribution in [3.05, 3.63) is 144 Å². The maximum atomic E-state index is 9.16. The highest BCUT2D eigenvalue weighted by atomic mass is 16.3. The Morgan fingerprint density at radius 2 is 0.750 bits per heavy atom. The van der Waals surface area contributed by atoms with Gasteiger partial charge in [0.1, 0.15) is 0 Å². The van der Waals surface area contributed by atoms with Crippen LogP contribution in [0.25, 0.3) is 0 Å². The summed E-state index contributed by atoms with van der Waals surface area (Å²) in [6.07, 6.45) is 3.20. The van der Waals surface area contributed by atoms with E-state index >= 15 is 0 Å². The molecule has 4 aromatic carbocycles. The van der Waals surface area contributed by atoms with Crippen molar-refractivity contribution in [2.24, 2.45) is 0 Å². The van der Waals surface area contributed by atoms with Gasteiger partial charge in [0.25, 0.3) is 0 Å². The van der Waals surface area contributed by atoms with Crippen LogP contribution in [0.3, 0.4) is 0 Å². The van der Waals surface area contributed by atoms with Crippen LogP contribution in [0.2, 0.25) is 0 Å². The van der Waals surface area contributed by atoms with E-state index in [2.05, 4.69) is 91.9 Å². The van der Waals surface area contributed by atoms with E-state index in [4.69, 9.17) is 5.11 Å². The molecule has 32 heavy (non-hydrogen) atoms. The molecule has 0 aliphatic heterocycles. The first-order valence-electron chi connectivity index (χ1n) is 11.6. The first kappa shape index (κ1) is 23.5. The second-order valence-electron chi connectivity index (χ2n) is 8.05.